The summed E-state index contributed by atoms with van der Waals surface area (Å²) in [5.74, 6) is 0.132. The summed E-state index contributed by atoms with van der Waals surface area (Å²) < 4.78 is 0. The average molecular weight is 284 g/mol. The number of nitrogens with one attached hydrogen (secondary N) is 1. The minimum Gasteiger partial charge on any atom is -0.396 e. The van der Waals surface area contributed by atoms with Crippen LogP contribution in [0, 0.1) is 5.41 Å². The van der Waals surface area contributed by atoms with E-state index in [0.29, 0.717) is 18.6 Å². The third kappa shape index (κ3) is 4.74. The minimum absolute atomic E-state index is 0.0473. The highest BCUT2D eigenvalue weighted by atomic mass is 16.3. The Balaban J connectivity index is 2.32. The Morgan fingerprint density at radius 2 is 1.90 bits per heavy atom. The number of hydrogen-bond donors (Lipinski definition) is 2. The van der Waals surface area contributed by atoms with Crippen molar-refractivity contribution >= 4 is 5.91 Å². The lowest BCUT2D eigenvalue weighted by atomic mass is 9.89. The fourth-order valence-corrected chi connectivity index (χ4v) is 3.12. The summed E-state index contributed by atoms with van der Waals surface area (Å²) >= 11 is 0. The highest BCUT2D eigenvalue weighted by molar-refractivity contribution is 5.81. The molecule has 1 amide bonds. The van der Waals surface area contributed by atoms with E-state index in [0.717, 1.165) is 12.8 Å². The van der Waals surface area contributed by atoms with Crippen molar-refractivity contribution in [3.63, 3.8) is 0 Å². The van der Waals surface area contributed by atoms with Crippen LogP contribution in [0.3, 0.4) is 0 Å². The number of rotatable bonds is 7. The molecule has 4 heteroatoms. The van der Waals surface area contributed by atoms with Crippen molar-refractivity contribution in [3.8, 4) is 0 Å². The predicted octanol–water partition coefficient (Wildman–Crippen LogP) is 2.16. The maximum atomic E-state index is 12.2. The number of aliphatic hydroxyl groups excluding tert-OH is 1. The quantitative estimate of drug-likeness (QED) is 0.704. The standard InChI is InChI=1S/C16H32N2O2/c1-12-7-8-13(2)18(12)14(3)15(20)17-10-6-9-16(4,5)11-19/h12-14,19H,6-11H2,1-5H3,(H,17,20). The van der Waals surface area contributed by atoms with Crippen molar-refractivity contribution in [2.75, 3.05) is 13.2 Å². The zero-order valence-electron chi connectivity index (χ0n) is 13.8. The van der Waals surface area contributed by atoms with Gasteiger partial charge < -0.3 is 10.4 Å². The molecule has 0 aromatic rings. The molecule has 0 aliphatic carbocycles. The van der Waals surface area contributed by atoms with Gasteiger partial charge in [-0.3, -0.25) is 9.69 Å². The Morgan fingerprint density at radius 3 is 2.40 bits per heavy atom. The zero-order chi connectivity index (χ0) is 15.3. The largest absolute Gasteiger partial charge is 0.396 e. The van der Waals surface area contributed by atoms with Gasteiger partial charge in [-0.2, -0.15) is 0 Å². The molecule has 0 saturated carbocycles. The monoisotopic (exact) mass is 284 g/mol. The molecule has 2 N–H and O–H groups in total. The van der Waals surface area contributed by atoms with E-state index in [9.17, 15) is 9.90 Å². The molecule has 1 rings (SSSR count). The molecule has 20 heavy (non-hydrogen) atoms. The van der Waals surface area contributed by atoms with Gasteiger partial charge >= 0.3 is 0 Å². The summed E-state index contributed by atoms with van der Waals surface area (Å²) in [6.07, 6.45) is 4.21. The van der Waals surface area contributed by atoms with Gasteiger partial charge in [-0.25, -0.2) is 0 Å². The van der Waals surface area contributed by atoms with Crippen LogP contribution < -0.4 is 5.32 Å². The number of amides is 1. The molecule has 1 saturated heterocycles. The second-order valence-corrected chi connectivity index (χ2v) is 7.12. The lowest BCUT2D eigenvalue weighted by Gasteiger charge is -2.31. The van der Waals surface area contributed by atoms with Gasteiger partial charge in [0, 0.05) is 25.2 Å². The molecule has 0 bridgehead atoms. The van der Waals surface area contributed by atoms with Gasteiger partial charge in [-0.15, -0.1) is 0 Å². The molecule has 4 nitrogen and oxygen atoms in total. The number of hydrogen-bond acceptors (Lipinski definition) is 3. The minimum atomic E-state index is -0.0478. The molecule has 0 radical (unpaired) electrons. The first-order chi connectivity index (χ1) is 9.28. The summed E-state index contributed by atoms with van der Waals surface area (Å²) in [5.41, 5.74) is -0.0473. The van der Waals surface area contributed by atoms with Crippen LogP contribution >= 0.6 is 0 Å². The third-order valence-corrected chi connectivity index (χ3v) is 4.60. The van der Waals surface area contributed by atoms with Gasteiger partial charge in [0.25, 0.3) is 0 Å². The molecule has 3 atom stereocenters. The number of carbonyl (C=O) groups excluding carboxylic acids is 1. The molecular formula is C16H32N2O2. The predicted molar refractivity (Wildman–Crippen MR) is 82.6 cm³/mol. The van der Waals surface area contributed by atoms with Gasteiger partial charge in [0.15, 0.2) is 0 Å². The molecule has 118 valence electrons. The SMILES string of the molecule is CC1CCC(C)N1C(C)C(=O)NCCCC(C)(C)CO. The fraction of sp³-hybridized carbons (Fsp3) is 0.938. The van der Waals surface area contributed by atoms with E-state index in [4.69, 9.17) is 0 Å². The topological polar surface area (TPSA) is 52.6 Å². The highest BCUT2D eigenvalue weighted by Crippen LogP contribution is 2.26. The van der Waals surface area contributed by atoms with Crippen LogP contribution in [0.4, 0.5) is 0 Å². The second-order valence-electron chi connectivity index (χ2n) is 7.12. The van der Waals surface area contributed by atoms with Crippen molar-refractivity contribution in [2.45, 2.75) is 78.4 Å². The van der Waals surface area contributed by atoms with Gasteiger partial charge in [-0.1, -0.05) is 13.8 Å². The van der Waals surface area contributed by atoms with E-state index in [1.165, 1.54) is 12.8 Å². The second kappa shape index (κ2) is 7.41. The summed E-state index contributed by atoms with van der Waals surface area (Å²) in [7, 11) is 0. The van der Waals surface area contributed by atoms with Crippen molar-refractivity contribution in [2.24, 2.45) is 5.41 Å². The Hall–Kier alpha value is -0.610. The summed E-state index contributed by atoms with van der Waals surface area (Å²) in [6, 6.07) is 0.950. The Kier molecular flexibility index (Phi) is 6.46. The van der Waals surface area contributed by atoms with Crippen LogP contribution in [0.25, 0.3) is 0 Å². The number of nitrogens with zero attached hydrogens (tertiary/aromatic N) is 1. The third-order valence-electron chi connectivity index (χ3n) is 4.60. The van der Waals surface area contributed by atoms with Gasteiger partial charge in [-0.05, 0) is 51.9 Å². The molecule has 0 spiro atoms. The lowest BCUT2D eigenvalue weighted by Crippen LogP contribution is -2.49. The molecule has 3 unspecified atom stereocenters. The Morgan fingerprint density at radius 1 is 1.35 bits per heavy atom. The van der Waals surface area contributed by atoms with E-state index in [-0.39, 0.29) is 24.0 Å². The summed E-state index contributed by atoms with van der Waals surface area (Å²) in [4.78, 5) is 14.5. The van der Waals surface area contributed by atoms with E-state index >= 15 is 0 Å². The van der Waals surface area contributed by atoms with E-state index in [1.54, 1.807) is 0 Å². The van der Waals surface area contributed by atoms with E-state index < -0.39 is 0 Å². The number of aliphatic hydroxyl groups is 1. The first-order valence-electron chi connectivity index (χ1n) is 7.94. The van der Waals surface area contributed by atoms with Gasteiger partial charge in [0.2, 0.25) is 5.91 Å². The molecule has 0 aromatic carbocycles. The van der Waals surface area contributed by atoms with Crippen molar-refractivity contribution in [3.05, 3.63) is 0 Å². The average Bonchev–Trinajstić information content (AvgIpc) is 2.73. The zero-order valence-corrected chi connectivity index (χ0v) is 13.8. The number of likely N-dealkylation sites (tertiary alicyclic amines) is 1. The van der Waals surface area contributed by atoms with Crippen LogP contribution in [0.15, 0.2) is 0 Å². The first kappa shape index (κ1) is 17.4. The first-order valence-corrected chi connectivity index (χ1v) is 7.94. The van der Waals surface area contributed by atoms with E-state index in [2.05, 4.69) is 24.1 Å². The molecular weight excluding hydrogens is 252 g/mol. The maximum Gasteiger partial charge on any atom is 0.237 e. The van der Waals surface area contributed by atoms with Crippen LogP contribution in [0.1, 0.15) is 60.3 Å². The normalized spacial score (nSPS) is 25.7. The van der Waals surface area contributed by atoms with Gasteiger partial charge in [0.05, 0.1) is 6.04 Å². The van der Waals surface area contributed by atoms with Crippen LogP contribution in [-0.2, 0) is 4.79 Å². The summed E-state index contributed by atoms with van der Waals surface area (Å²) in [6.45, 7) is 11.4. The molecule has 1 aliphatic heterocycles. The van der Waals surface area contributed by atoms with Crippen LogP contribution in [0.2, 0.25) is 0 Å². The van der Waals surface area contributed by atoms with Crippen molar-refractivity contribution < 1.29 is 9.90 Å². The van der Waals surface area contributed by atoms with Crippen LogP contribution in [-0.4, -0.2) is 47.2 Å². The molecule has 0 aromatic heterocycles. The van der Waals surface area contributed by atoms with Crippen LogP contribution in [0.5, 0.6) is 0 Å². The molecule has 1 heterocycles. The fourth-order valence-electron chi connectivity index (χ4n) is 3.12. The smallest absolute Gasteiger partial charge is 0.237 e. The maximum absolute atomic E-state index is 12.2. The Labute approximate surface area is 123 Å². The van der Waals surface area contributed by atoms with Crippen molar-refractivity contribution in [1.29, 1.82) is 0 Å². The van der Waals surface area contributed by atoms with Crippen molar-refractivity contribution in [1.82, 2.24) is 10.2 Å². The van der Waals surface area contributed by atoms with E-state index in [1.807, 2.05) is 20.8 Å². The van der Waals surface area contributed by atoms with Gasteiger partial charge in [0.1, 0.15) is 0 Å². The summed E-state index contributed by atoms with van der Waals surface area (Å²) in [5, 5.41) is 12.2. The molecule has 1 aliphatic rings. The molecule has 1 fully saturated rings. The Bertz CT molecular complexity index is 308. The highest BCUT2D eigenvalue weighted by Gasteiger charge is 2.34. The number of carbonyl (C=O) groups is 1. The lowest BCUT2D eigenvalue weighted by molar-refractivity contribution is -0.126.